The van der Waals surface area contributed by atoms with E-state index in [-0.39, 0.29) is 17.7 Å². The Bertz CT molecular complexity index is 480. The molecule has 0 aromatic rings. The van der Waals surface area contributed by atoms with Crippen molar-refractivity contribution >= 4 is 11.8 Å². The Morgan fingerprint density at radius 2 is 2.00 bits per heavy atom. The second-order valence-electron chi connectivity index (χ2n) is 7.79. The normalized spacial score (nSPS) is 35.3. The van der Waals surface area contributed by atoms with Crippen LogP contribution in [-0.4, -0.2) is 71.6 Å². The molecule has 3 fully saturated rings. The fourth-order valence-electron chi connectivity index (χ4n) is 3.87. The number of aliphatic hydroxyl groups excluding tert-OH is 1. The molecule has 3 aliphatic rings. The van der Waals surface area contributed by atoms with Crippen LogP contribution in [0.25, 0.3) is 0 Å². The van der Waals surface area contributed by atoms with Gasteiger partial charge in [-0.05, 0) is 45.6 Å². The number of carbonyl (C=O) groups excluding carboxylic acids is 2. The molecule has 6 nitrogen and oxygen atoms in total. The minimum Gasteiger partial charge on any atom is -0.392 e. The van der Waals surface area contributed by atoms with Crippen LogP contribution in [0.5, 0.6) is 0 Å². The molecule has 3 unspecified atom stereocenters. The minimum atomic E-state index is -0.647. The van der Waals surface area contributed by atoms with Crippen LogP contribution in [0.2, 0.25) is 0 Å². The maximum absolute atomic E-state index is 13.0. The zero-order chi connectivity index (χ0) is 16.6. The first-order chi connectivity index (χ1) is 10.9. The van der Waals surface area contributed by atoms with E-state index in [1.165, 1.54) is 12.8 Å². The number of hydrogen-bond donors (Lipinski definition) is 2. The van der Waals surface area contributed by atoms with E-state index >= 15 is 0 Å². The Morgan fingerprint density at radius 1 is 1.26 bits per heavy atom. The van der Waals surface area contributed by atoms with Crippen LogP contribution in [0.4, 0.5) is 0 Å². The van der Waals surface area contributed by atoms with Crippen LogP contribution in [-0.2, 0) is 9.59 Å². The molecular weight excluding hydrogens is 294 g/mol. The van der Waals surface area contributed by atoms with Crippen molar-refractivity contribution in [3.8, 4) is 0 Å². The molecule has 0 aromatic heterocycles. The molecule has 3 rings (SSSR count). The van der Waals surface area contributed by atoms with Gasteiger partial charge in [-0.25, -0.2) is 0 Å². The van der Waals surface area contributed by atoms with E-state index in [4.69, 9.17) is 0 Å². The molecule has 0 bridgehead atoms. The summed E-state index contributed by atoms with van der Waals surface area (Å²) in [5.74, 6) is 0.732. The zero-order valence-corrected chi connectivity index (χ0v) is 14.3. The lowest BCUT2D eigenvalue weighted by molar-refractivity contribution is -0.144. The maximum atomic E-state index is 13.0. The number of likely N-dealkylation sites (N-methyl/N-ethyl adjacent to an activating group) is 1. The number of nitrogens with zero attached hydrogens (tertiary/aromatic N) is 2. The van der Waals surface area contributed by atoms with E-state index < -0.39 is 11.6 Å². The Balaban J connectivity index is 1.58. The molecule has 2 amide bonds. The van der Waals surface area contributed by atoms with Crippen molar-refractivity contribution in [2.45, 2.75) is 50.7 Å². The molecule has 2 N–H and O–H groups in total. The van der Waals surface area contributed by atoms with Crippen molar-refractivity contribution in [2.75, 3.05) is 33.2 Å². The van der Waals surface area contributed by atoms with E-state index in [1.54, 1.807) is 0 Å². The number of hydrogen-bond acceptors (Lipinski definition) is 4. The molecule has 0 aromatic carbocycles. The number of rotatable bonds is 4. The molecular formula is C17H29N3O3. The fraction of sp³-hybridized carbons (Fsp3) is 0.882. The summed E-state index contributed by atoms with van der Waals surface area (Å²) in [4.78, 5) is 29.1. The molecule has 2 heterocycles. The van der Waals surface area contributed by atoms with Crippen LogP contribution in [0.15, 0.2) is 0 Å². The fourth-order valence-corrected chi connectivity index (χ4v) is 3.87. The van der Waals surface area contributed by atoms with Gasteiger partial charge in [-0.15, -0.1) is 0 Å². The van der Waals surface area contributed by atoms with Crippen LogP contribution in [0, 0.1) is 11.8 Å². The number of aliphatic hydroxyl groups is 1. The highest BCUT2D eigenvalue weighted by atomic mass is 16.3. The topological polar surface area (TPSA) is 72.9 Å². The number of β-amino-alcohol motifs (C(OH)–C–C–N with tert-alkyl or cyclic N) is 1. The lowest BCUT2D eigenvalue weighted by Gasteiger charge is -2.39. The van der Waals surface area contributed by atoms with Crippen molar-refractivity contribution in [1.82, 2.24) is 15.1 Å². The van der Waals surface area contributed by atoms with E-state index in [0.717, 1.165) is 19.4 Å². The van der Waals surface area contributed by atoms with Crippen molar-refractivity contribution in [2.24, 2.45) is 11.8 Å². The summed E-state index contributed by atoms with van der Waals surface area (Å²) in [7, 11) is 1.89. The van der Waals surface area contributed by atoms with Gasteiger partial charge in [0.15, 0.2) is 0 Å². The summed E-state index contributed by atoms with van der Waals surface area (Å²) in [5, 5.41) is 12.9. The van der Waals surface area contributed by atoms with Gasteiger partial charge in [0.2, 0.25) is 11.8 Å². The summed E-state index contributed by atoms with van der Waals surface area (Å²) in [6.07, 6.45) is 4.20. The molecule has 3 atom stereocenters. The monoisotopic (exact) mass is 323 g/mol. The molecule has 2 saturated heterocycles. The van der Waals surface area contributed by atoms with Gasteiger partial charge in [-0.2, -0.15) is 0 Å². The smallest absolute Gasteiger partial charge is 0.242 e. The van der Waals surface area contributed by atoms with Gasteiger partial charge >= 0.3 is 0 Å². The largest absolute Gasteiger partial charge is 0.392 e. The third kappa shape index (κ3) is 3.53. The number of nitrogens with one attached hydrogen (secondary N) is 1. The standard InChI is InChI=1S/C17H29N3O3/c1-17(8-14(21)11-19(17)2)16(23)20-7-3-4-13(10-20)15(22)18-9-12-5-6-12/h12-14,21H,3-11H2,1-2H3,(H,18,22). The lowest BCUT2D eigenvalue weighted by atomic mass is 9.92. The summed E-state index contributed by atoms with van der Waals surface area (Å²) in [6.45, 7) is 4.44. The Labute approximate surface area is 138 Å². The summed E-state index contributed by atoms with van der Waals surface area (Å²) in [6, 6.07) is 0. The molecule has 130 valence electrons. The van der Waals surface area contributed by atoms with Gasteiger partial charge in [0.25, 0.3) is 0 Å². The summed E-state index contributed by atoms with van der Waals surface area (Å²) < 4.78 is 0. The van der Waals surface area contributed by atoms with Gasteiger partial charge in [-0.3, -0.25) is 14.5 Å². The van der Waals surface area contributed by atoms with Gasteiger partial charge in [0.05, 0.1) is 12.0 Å². The van der Waals surface area contributed by atoms with E-state index in [0.29, 0.717) is 32.0 Å². The van der Waals surface area contributed by atoms with E-state index in [9.17, 15) is 14.7 Å². The molecule has 6 heteroatoms. The second-order valence-corrected chi connectivity index (χ2v) is 7.79. The summed E-state index contributed by atoms with van der Waals surface area (Å²) in [5.41, 5.74) is -0.647. The van der Waals surface area contributed by atoms with Gasteiger partial charge in [-0.1, -0.05) is 0 Å². The predicted octanol–water partition coefficient (Wildman–Crippen LogP) is 0.206. The Morgan fingerprint density at radius 3 is 2.61 bits per heavy atom. The van der Waals surface area contributed by atoms with Gasteiger partial charge < -0.3 is 15.3 Å². The maximum Gasteiger partial charge on any atom is 0.242 e. The molecule has 2 aliphatic heterocycles. The SMILES string of the molecule is CN1CC(O)CC1(C)C(=O)N1CCCC(C(=O)NCC2CC2)C1. The van der Waals surface area contributed by atoms with Crippen LogP contribution in [0.1, 0.15) is 39.0 Å². The Hall–Kier alpha value is -1.14. The number of likely N-dealkylation sites (tertiary alicyclic amines) is 2. The van der Waals surface area contributed by atoms with Crippen LogP contribution >= 0.6 is 0 Å². The van der Waals surface area contributed by atoms with Crippen molar-refractivity contribution < 1.29 is 14.7 Å². The number of amides is 2. The van der Waals surface area contributed by atoms with Gasteiger partial charge in [0, 0.05) is 32.6 Å². The predicted molar refractivity (Wildman–Crippen MR) is 86.7 cm³/mol. The lowest BCUT2D eigenvalue weighted by Crippen LogP contribution is -2.56. The minimum absolute atomic E-state index is 0.0521. The van der Waals surface area contributed by atoms with Crippen LogP contribution in [0.3, 0.4) is 0 Å². The molecule has 0 radical (unpaired) electrons. The first-order valence-corrected chi connectivity index (χ1v) is 8.86. The first-order valence-electron chi connectivity index (χ1n) is 8.86. The Kier molecular flexibility index (Phi) is 4.65. The third-order valence-corrected chi connectivity index (χ3v) is 5.76. The van der Waals surface area contributed by atoms with E-state index in [2.05, 4.69) is 5.32 Å². The molecule has 0 spiro atoms. The average Bonchev–Trinajstić information content (AvgIpc) is 3.31. The second kappa shape index (κ2) is 6.40. The highest BCUT2D eigenvalue weighted by molar-refractivity contribution is 5.87. The zero-order valence-electron chi connectivity index (χ0n) is 14.3. The van der Waals surface area contributed by atoms with E-state index in [1.807, 2.05) is 23.8 Å². The van der Waals surface area contributed by atoms with Crippen molar-refractivity contribution in [1.29, 1.82) is 0 Å². The highest BCUT2D eigenvalue weighted by Crippen LogP contribution is 2.31. The first kappa shape index (κ1) is 16.7. The third-order valence-electron chi connectivity index (χ3n) is 5.76. The number of carbonyl (C=O) groups is 2. The average molecular weight is 323 g/mol. The molecule has 1 saturated carbocycles. The van der Waals surface area contributed by atoms with Crippen molar-refractivity contribution in [3.63, 3.8) is 0 Å². The summed E-state index contributed by atoms with van der Waals surface area (Å²) >= 11 is 0. The number of piperidine rings is 1. The molecule has 23 heavy (non-hydrogen) atoms. The van der Waals surface area contributed by atoms with Gasteiger partial charge in [0.1, 0.15) is 5.54 Å². The quantitative estimate of drug-likeness (QED) is 0.775. The highest BCUT2D eigenvalue weighted by Gasteiger charge is 2.47. The molecule has 1 aliphatic carbocycles. The van der Waals surface area contributed by atoms with Crippen molar-refractivity contribution in [3.05, 3.63) is 0 Å². The van der Waals surface area contributed by atoms with Crippen LogP contribution < -0.4 is 5.32 Å².